The Morgan fingerprint density at radius 2 is 1.91 bits per heavy atom. The SMILES string of the molecule is CN(C)c1ccc(CN2CCN(C3CCNC3)CC2)cn1.Cl.Cl. The molecule has 3 rings (SSSR count). The van der Waals surface area contributed by atoms with E-state index in [2.05, 4.69) is 32.2 Å². The van der Waals surface area contributed by atoms with E-state index in [9.17, 15) is 0 Å². The Hall–Kier alpha value is -0.590. The van der Waals surface area contributed by atoms with Crippen molar-refractivity contribution < 1.29 is 0 Å². The molecule has 0 spiro atoms. The number of pyridine rings is 1. The van der Waals surface area contributed by atoms with Crippen LogP contribution in [0.3, 0.4) is 0 Å². The fourth-order valence-electron chi connectivity index (χ4n) is 3.27. The molecule has 1 unspecified atom stereocenters. The molecule has 0 saturated carbocycles. The topological polar surface area (TPSA) is 34.6 Å². The van der Waals surface area contributed by atoms with Crippen molar-refractivity contribution in [3.8, 4) is 0 Å². The van der Waals surface area contributed by atoms with E-state index in [0.29, 0.717) is 0 Å². The summed E-state index contributed by atoms with van der Waals surface area (Å²) in [6.07, 6.45) is 3.33. The molecule has 1 aromatic rings. The molecule has 23 heavy (non-hydrogen) atoms. The first-order valence-corrected chi connectivity index (χ1v) is 8.02. The van der Waals surface area contributed by atoms with Gasteiger partial charge in [-0.05, 0) is 24.6 Å². The zero-order valence-corrected chi connectivity index (χ0v) is 15.7. The molecule has 7 heteroatoms. The zero-order valence-electron chi connectivity index (χ0n) is 14.1. The lowest BCUT2D eigenvalue weighted by Crippen LogP contribution is -2.50. The lowest BCUT2D eigenvalue weighted by molar-refractivity contribution is 0.0981. The third-order valence-electron chi connectivity index (χ3n) is 4.63. The average Bonchev–Trinajstić information content (AvgIpc) is 3.03. The van der Waals surface area contributed by atoms with Gasteiger partial charge in [-0.3, -0.25) is 9.80 Å². The molecular formula is C16H29Cl2N5. The van der Waals surface area contributed by atoms with Crippen molar-refractivity contribution in [3.05, 3.63) is 23.9 Å². The van der Waals surface area contributed by atoms with Gasteiger partial charge >= 0.3 is 0 Å². The van der Waals surface area contributed by atoms with Gasteiger partial charge in [-0.1, -0.05) is 6.07 Å². The Morgan fingerprint density at radius 1 is 1.17 bits per heavy atom. The highest BCUT2D eigenvalue weighted by atomic mass is 35.5. The molecule has 1 atom stereocenters. The number of nitrogens with one attached hydrogen (secondary N) is 1. The number of rotatable bonds is 4. The Labute approximate surface area is 152 Å². The van der Waals surface area contributed by atoms with Gasteiger partial charge in [-0.15, -0.1) is 24.8 Å². The Bertz CT molecular complexity index is 440. The summed E-state index contributed by atoms with van der Waals surface area (Å²) in [5.74, 6) is 1.03. The molecular weight excluding hydrogens is 333 g/mol. The summed E-state index contributed by atoms with van der Waals surface area (Å²) in [5, 5.41) is 3.47. The minimum absolute atomic E-state index is 0. The van der Waals surface area contributed by atoms with Crippen LogP contribution in [0, 0.1) is 0 Å². The van der Waals surface area contributed by atoms with Crippen LogP contribution in [-0.4, -0.2) is 74.2 Å². The van der Waals surface area contributed by atoms with Crippen molar-refractivity contribution in [3.63, 3.8) is 0 Å². The molecule has 2 fully saturated rings. The molecule has 0 radical (unpaired) electrons. The van der Waals surface area contributed by atoms with E-state index in [-0.39, 0.29) is 24.8 Å². The van der Waals surface area contributed by atoms with Crippen LogP contribution in [-0.2, 0) is 6.54 Å². The van der Waals surface area contributed by atoms with Crippen molar-refractivity contribution in [2.45, 2.75) is 19.0 Å². The normalized spacial score (nSPS) is 22.3. The highest BCUT2D eigenvalue weighted by Gasteiger charge is 2.25. The predicted molar refractivity (Wildman–Crippen MR) is 101 cm³/mol. The first-order chi connectivity index (χ1) is 10.2. The number of halogens is 2. The molecule has 2 aliphatic rings. The van der Waals surface area contributed by atoms with Gasteiger partial charge in [-0.2, -0.15) is 0 Å². The third kappa shape index (κ3) is 5.47. The molecule has 0 amide bonds. The van der Waals surface area contributed by atoms with Gasteiger partial charge in [-0.25, -0.2) is 4.98 Å². The van der Waals surface area contributed by atoms with Crippen molar-refractivity contribution in [2.75, 3.05) is 58.3 Å². The van der Waals surface area contributed by atoms with Crippen LogP contribution < -0.4 is 10.2 Å². The number of anilines is 1. The second-order valence-corrected chi connectivity index (χ2v) is 6.38. The highest BCUT2D eigenvalue weighted by molar-refractivity contribution is 5.85. The Balaban J connectivity index is 0.00000132. The lowest BCUT2D eigenvalue weighted by atomic mass is 10.1. The zero-order chi connectivity index (χ0) is 14.7. The van der Waals surface area contributed by atoms with Crippen LogP contribution in [0.4, 0.5) is 5.82 Å². The summed E-state index contributed by atoms with van der Waals surface area (Å²) in [5.41, 5.74) is 1.32. The van der Waals surface area contributed by atoms with Gasteiger partial charge < -0.3 is 10.2 Å². The molecule has 1 N–H and O–H groups in total. The van der Waals surface area contributed by atoms with Crippen LogP contribution in [0.5, 0.6) is 0 Å². The maximum absolute atomic E-state index is 4.50. The quantitative estimate of drug-likeness (QED) is 0.878. The molecule has 0 bridgehead atoms. The number of piperazine rings is 1. The van der Waals surface area contributed by atoms with Crippen molar-refractivity contribution in [1.29, 1.82) is 0 Å². The Kier molecular flexibility index (Phi) is 8.58. The average molecular weight is 362 g/mol. The standard InChI is InChI=1S/C16H27N5.2ClH/c1-19(2)16-4-3-14(11-18-16)13-20-7-9-21(10-8-20)15-5-6-17-12-15;;/h3-4,11,15,17H,5-10,12-13H2,1-2H3;2*1H. The molecule has 0 aliphatic carbocycles. The first-order valence-electron chi connectivity index (χ1n) is 8.02. The van der Waals surface area contributed by atoms with E-state index in [4.69, 9.17) is 0 Å². The first kappa shape index (κ1) is 20.5. The van der Waals surface area contributed by atoms with Gasteiger partial charge in [0.2, 0.25) is 0 Å². The van der Waals surface area contributed by atoms with E-state index in [1.807, 2.05) is 25.2 Å². The number of hydrogen-bond acceptors (Lipinski definition) is 5. The van der Waals surface area contributed by atoms with Crippen molar-refractivity contribution in [1.82, 2.24) is 20.1 Å². The third-order valence-corrected chi connectivity index (χ3v) is 4.63. The molecule has 2 aliphatic heterocycles. The van der Waals surface area contributed by atoms with Gasteiger partial charge in [0.25, 0.3) is 0 Å². The summed E-state index contributed by atoms with van der Waals surface area (Å²) in [6.45, 7) is 8.14. The van der Waals surface area contributed by atoms with E-state index in [1.165, 1.54) is 51.3 Å². The Morgan fingerprint density at radius 3 is 2.43 bits per heavy atom. The van der Waals surface area contributed by atoms with Crippen LogP contribution in [0.15, 0.2) is 18.3 Å². The minimum atomic E-state index is 0. The summed E-state index contributed by atoms with van der Waals surface area (Å²) in [4.78, 5) is 11.7. The van der Waals surface area contributed by atoms with Crippen molar-refractivity contribution in [2.24, 2.45) is 0 Å². The van der Waals surface area contributed by atoms with Crippen LogP contribution >= 0.6 is 24.8 Å². The maximum Gasteiger partial charge on any atom is 0.127 e. The van der Waals surface area contributed by atoms with E-state index < -0.39 is 0 Å². The second kappa shape index (κ2) is 9.64. The van der Waals surface area contributed by atoms with Gasteiger partial charge in [0.1, 0.15) is 5.82 Å². The maximum atomic E-state index is 4.50. The largest absolute Gasteiger partial charge is 0.363 e. The molecule has 0 aromatic carbocycles. The fraction of sp³-hybridized carbons (Fsp3) is 0.688. The number of hydrogen-bond donors (Lipinski definition) is 1. The van der Waals surface area contributed by atoms with Gasteiger partial charge in [0, 0.05) is 65.6 Å². The molecule has 3 heterocycles. The predicted octanol–water partition coefficient (Wildman–Crippen LogP) is 1.47. The molecule has 132 valence electrons. The number of aromatic nitrogens is 1. The molecule has 5 nitrogen and oxygen atoms in total. The summed E-state index contributed by atoms with van der Waals surface area (Å²) >= 11 is 0. The summed E-state index contributed by atoms with van der Waals surface area (Å²) in [6, 6.07) is 5.08. The second-order valence-electron chi connectivity index (χ2n) is 6.38. The van der Waals surface area contributed by atoms with Crippen LogP contribution in [0.2, 0.25) is 0 Å². The smallest absolute Gasteiger partial charge is 0.127 e. The highest BCUT2D eigenvalue weighted by Crippen LogP contribution is 2.15. The van der Waals surface area contributed by atoms with Crippen molar-refractivity contribution >= 4 is 30.6 Å². The van der Waals surface area contributed by atoms with E-state index in [1.54, 1.807) is 0 Å². The minimum Gasteiger partial charge on any atom is -0.363 e. The van der Waals surface area contributed by atoms with E-state index in [0.717, 1.165) is 18.4 Å². The number of nitrogens with zero attached hydrogens (tertiary/aromatic N) is 4. The fourth-order valence-corrected chi connectivity index (χ4v) is 3.27. The summed E-state index contributed by atoms with van der Waals surface area (Å²) < 4.78 is 0. The lowest BCUT2D eigenvalue weighted by Gasteiger charge is -2.37. The van der Waals surface area contributed by atoms with E-state index >= 15 is 0 Å². The molecule has 2 saturated heterocycles. The van der Waals surface area contributed by atoms with Gasteiger partial charge in [0.05, 0.1) is 0 Å². The van der Waals surface area contributed by atoms with Gasteiger partial charge in [0.15, 0.2) is 0 Å². The monoisotopic (exact) mass is 361 g/mol. The van der Waals surface area contributed by atoms with Crippen LogP contribution in [0.1, 0.15) is 12.0 Å². The summed E-state index contributed by atoms with van der Waals surface area (Å²) in [7, 11) is 4.05. The molecule has 1 aromatic heterocycles. The van der Waals surface area contributed by atoms with Crippen LogP contribution in [0.25, 0.3) is 0 Å².